The molecule has 4 atom stereocenters. The lowest BCUT2D eigenvalue weighted by molar-refractivity contribution is -0.0187. The molecule has 2 aliphatic heterocycles. The molecule has 0 amide bonds. The van der Waals surface area contributed by atoms with E-state index in [1.54, 1.807) is 6.20 Å². The highest BCUT2D eigenvalue weighted by Crippen LogP contribution is 2.30. The number of anilines is 2. The number of benzene rings is 1. The number of aliphatic hydroxyl groups excluding tert-OH is 1. The Kier molecular flexibility index (Phi) is 7.06. The Bertz CT molecular complexity index is 1250. The largest absolute Gasteiger partial charge is 0.391 e. The summed E-state index contributed by atoms with van der Waals surface area (Å²) in [6.07, 6.45) is 2.09. The molecule has 4 heterocycles. The third-order valence-corrected chi connectivity index (χ3v) is 7.15. The van der Waals surface area contributed by atoms with E-state index in [-0.39, 0.29) is 18.2 Å². The second-order valence-electron chi connectivity index (χ2n) is 10.0. The monoisotopic (exact) mass is 486 g/mol. The van der Waals surface area contributed by atoms with Gasteiger partial charge in [0.15, 0.2) is 0 Å². The summed E-state index contributed by atoms with van der Waals surface area (Å²) in [7, 11) is 0. The van der Waals surface area contributed by atoms with Crippen molar-refractivity contribution in [3.05, 3.63) is 59.5 Å². The van der Waals surface area contributed by atoms with Gasteiger partial charge in [-0.3, -0.25) is 9.97 Å². The van der Waals surface area contributed by atoms with Crippen molar-refractivity contribution >= 4 is 22.3 Å². The molecule has 0 aliphatic carbocycles. The number of aryl methyl sites for hydroxylation is 2. The average Bonchev–Trinajstić information content (AvgIpc) is 2.86. The van der Waals surface area contributed by atoms with E-state index in [2.05, 4.69) is 50.2 Å². The van der Waals surface area contributed by atoms with Gasteiger partial charge in [-0.25, -0.2) is 0 Å². The molecule has 2 fully saturated rings. The first-order valence-electron chi connectivity index (χ1n) is 12.7. The highest BCUT2D eigenvalue weighted by atomic mass is 16.5. The molecule has 36 heavy (non-hydrogen) atoms. The molecule has 2 aliphatic rings. The Labute approximate surface area is 212 Å². The number of hydrogen-bond donors (Lipinski definition) is 2. The van der Waals surface area contributed by atoms with E-state index in [0.29, 0.717) is 12.1 Å². The van der Waals surface area contributed by atoms with Crippen molar-refractivity contribution < 1.29 is 9.84 Å². The number of nitrogens with one attached hydrogen (secondary N) is 1. The normalized spacial score (nSPS) is 24.6. The Morgan fingerprint density at radius 1 is 1.14 bits per heavy atom. The van der Waals surface area contributed by atoms with E-state index >= 15 is 0 Å². The zero-order valence-corrected chi connectivity index (χ0v) is 21.2. The topological polar surface area (TPSA) is 97.5 Å². The first kappa shape index (κ1) is 24.4. The van der Waals surface area contributed by atoms with Crippen LogP contribution < -0.4 is 15.1 Å². The van der Waals surface area contributed by atoms with E-state index in [1.807, 2.05) is 38.1 Å². The summed E-state index contributed by atoms with van der Waals surface area (Å²) in [5, 5.41) is 24.8. The number of pyridine rings is 2. The molecular weight excluding hydrogens is 452 g/mol. The molecule has 3 aromatic rings. The number of hydrogen-bond acceptors (Lipinski definition) is 8. The summed E-state index contributed by atoms with van der Waals surface area (Å²) >= 11 is 0. The van der Waals surface area contributed by atoms with E-state index in [9.17, 15) is 10.4 Å². The summed E-state index contributed by atoms with van der Waals surface area (Å²) in [6, 6.07) is 14.3. The maximum absolute atomic E-state index is 10.7. The summed E-state index contributed by atoms with van der Waals surface area (Å²) in [4.78, 5) is 13.6. The number of nitriles is 1. The van der Waals surface area contributed by atoms with Gasteiger partial charge in [-0.2, -0.15) is 5.26 Å². The summed E-state index contributed by atoms with van der Waals surface area (Å²) < 4.78 is 6.29. The SMILES string of the molecule is Cc1cc(N2CC[C@@H](O)[C@H](NC[C@H]3CN(c4ccc(C#N)c5ncccc45)C[C@@H](C)O3)C2)cc(C)n1. The van der Waals surface area contributed by atoms with E-state index in [0.717, 1.165) is 66.3 Å². The first-order chi connectivity index (χ1) is 17.4. The summed E-state index contributed by atoms with van der Waals surface area (Å²) in [6.45, 7) is 9.84. The second-order valence-corrected chi connectivity index (χ2v) is 10.0. The fourth-order valence-electron chi connectivity index (χ4n) is 5.53. The van der Waals surface area contributed by atoms with Crippen molar-refractivity contribution in [3.8, 4) is 6.07 Å². The third kappa shape index (κ3) is 5.14. The first-order valence-corrected chi connectivity index (χ1v) is 12.7. The van der Waals surface area contributed by atoms with Gasteiger partial charge < -0.3 is 25.0 Å². The maximum Gasteiger partial charge on any atom is 0.101 e. The standard InChI is InChI=1S/C28H34N6O2/c1-18-11-22(12-19(2)32-18)33-10-8-27(35)25(17-33)31-14-23-16-34(15-20(3)36-23)26-7-6-21(13-29)28-24(26)5-4-9-30-28/h4-7,9,11-12,20,23,25,27,31,35H,8,10,14-17H2,1-3H3/t20-,23+,25-,27-/m1/s1. The third-order valence-electron chi connectivity index (χ3n) is 7.15. The average molecular weight is 487 g/mol. The minimum atomic E-state index is -0.393. The van der Waals surface area contributed by atoms with Gasteiger partial charge in [0.25, 0.3) is 0 Å². The Hall–Kier alpha value is -3.25. The van der Waals surface area contributed by atoms with E-state index in [4.69, 9.17) is 4.74 Å². The van der Waals surface area contributed by atoms with Crippen LogP contribution in [0.2, 0.25) is 0 Å². The van der Waals surface area contributed by atoms with Crippen LogP contribution in [0.4, 0.5) is 11.4 Å². The number of fused-ring (bicyclic) bond motifs is 1. The summed E-state index contributed by atoms with van der Waals surface area (Å²) in [5.74, 6) is 0. The fraction of sp³-hybridized carbons (Fsp3) is 0.464. The number of rotatable bonds is 5. The smallest absolute Gasteiger partial charge is 0.101 e. The molecule has 188 valence electrons. The van der Waals surface area contributed by atoms with Gasteiger partial charge in [0.05, 0.1) is 35.4 Å². The van der Waals surface area contributed by atoms with Crippen LogP contribution in [-0.2, 0) is 4.74 Å². The Morgan fingerprint density at radius 3 is 2.72 bits per heavy atom. The van der Waals surface area contributed by atoms with E-state index in [1.165, 1.54) is 0 Å². The zero-order valence-electron chi connectivity index (χ0n) is 21.2. The van der Waals surface area contributed by atoms with Crippen LogP contribution >= 0.6 is 0 Å². The number of ether oxygens (including phenoxy) is 1. The zero-order chi connectivity index (χ0) is 25.2. The molecule has 0 bridgehead atoms. The lowest BCUT2D eigenvalue weighted by Crippen LogP contribution is -2.57. The van der Waals surface area contributed by atoms with Crippen molar-refractivity contribution in [1.29, 1.82) is 5.26 Å². The molecule has 0 spiro atoms. The highest BCUT2D eigenvalue weighted by Gasteiger charge is 2.31. The van der Waals surface area contributed by atoms with E-state index < -0.39 is 6.10 Å². The Morgan fingerprint density at radius 2 is 1.94 bits per heavy atom. The molecule has 2 saturated heterocycles. The second kappa shape index (κ2) is 10.4. The lowest BCUT2D eigenvalue weighted by Gasteiger charge is -2.41. The Balaban J connectivity index is 1.28. The molecule has 0 saturated carbocycles. The fourth-order valence-corrected chi connectivity index (χ4v) is 5.53. The van der Waals surface area contributed by atoms with Crippen molar-refractivity contribution in [2.75, 3.05) is 42.5 Å². The van der Waals surface area contributed by atoms with Crippen LogP contribution in [0, 0.1) is 25.2 Å². The highest BCUT2D eigenvalue weighted by molar-refractivity contribution is 5.95. The van der Waals surface area contributed by atoms with Crippen molar-refractivity contribution in [3.63, 3.8) is 0 Å². The molecular formula is C28H34N6O2. The molecule has 8 nitrogen and oxygen atoms in total. The summed E-state index contributed by atoms with van der Waals surface area (Å²) in [5.41, 5.74) is 5.58. The number of aromatic nitrogens is 2. The van der Waals surface area contributed by atoms with Gasteiger partial charge in [-0.05, 0) is 63.6 Å². The predicted octanol–water partition coefficient (Wildman–Crippen LogP) is 2.94. The molecule has 1 aromatic carbocycles. The van der Waals surface area contributed by atoms with Crippen molar-refractivity contribution in [2.45, 2.75) is 51.5 Å². The van der Waals surface area contributed by atoms with Gasteiger partial charge in [-0.1, -0.05) is 0 Å². The van der Waals surface area contributed by atoms with Gasteiger partial charge in [0, 0.05) is 67.1 Å². The van der Waals surface area contributed by atoms with Gasteiger partial charge in [-0.15, -0.1) is 0 Å². The molecule has 0 unspecified atom stereocenters. The number of morpholine rings is 1. The molecule has 2 aromatic heterocycles. The van der Waals surface area contributed by atoms with Crippen molar-refractivity contribution in [2.24, 2.45) is 0 Å². The minimum absolute atomic E-state index is 0.0240. The molecule has 2 N–H and O–H groups in total. The van der Waals surface area contributed by atoms with Crippen LogP contribution in [0.3, 0.4) is 0 Å². The van der Waals surface area contributed by atoms with Crippen LogP contribution in [0.25, 0.3) is 10.9 Å². The number of piperidine rings is 1. The molecule has 8 heteroatoms. The number of aliphatic hydroxyl groups is 1. The van der Waals surface area contributed by atoms with Crippen LogP contribution in [0.1, 0.15) is 30.3 Å². The lowest BCUT2D eigenvalue weighted by atomic mass is 10.0. The van der Waals surface area contributed by atoms with Crippen molar-refractivity contribution in [1.82, 2.24) is 15.3 Å². The minimum Gasteiger partial charge on any atom is -0.391 e. The maximum atomic E-state index is 10.7. The quantitative estimate of drug-likeness (QED) is 0.568. The molecule has 5 rings (SSSR count). The predicted molar refractivity (Wildman–Crippen MR) is 141 cm³/mol. The van der Waals surface area contributed by atoms with Gasteiger partial charge >= 0.3 is 0 Å². The van der Waals surface area contributed by atoms with Crippen LogP contribution in [-0.4, -0.2) is 72.2 Å². The van der Waals surface area contributed by atoms with Gasteiger partial charge in [0.2, 0.25) is 0 Å². The molecule has 0 radical (unpaired) electrons. The van der Waals surface area contributed by atoms with Crippen LogP contribution in [0.5, 0.6) is 0 Å². The van der Waals surface area contributed by atoms with Gasteiger partial charge in [0.1, 0.15) is 6.07 Å². The van der Waals surface area contributed by atoms with Crippen LogP contribution in [0.15, 0.2) is 42.6 Å². The number of nitrogens with zero attached hydrogens (tertiary/aromatic N) is 5.